The van der Waals surface area contributed by atoms with Crippen molar-refractivity contribution in [3.63, 3.8) is 0 Å². The zero-order valence-electron chi connectivity index (χ0n) is 16.8. The minimum atomic E-state index is -1.03. The van der Waals surface area contributed by atoms with Crippen molar-refractivity contribution in [1.82, 2.24) is 4.90 Å². The number of hydrogen-bond acceptors (Lipinski definition) is 5. The van der Waals surface area contributed by atoms with Crippen LogP contribution in [0.4, 0.5) is 4.79 Å². The number of hydrogen-bond donors (Lipinski definition) is 1. The van der Waals surface area contributed by atoms with Crippen LogP contribution in [0.5, 0.6) is 5.75 Å². The van der Waals surface area contributed by atoms with Crippen LogP contribution in [0.1, 0.15) is 29.5 Å². The molecule has 29 heavy (non-hydrogen) atoms. The monoisotopic (exact) mass is 397 g/mol. The summed E-state index contributed by atoms with van der Waals surface area (Å²) in [4.78, 5) is 14.6. The molecule has 0 saturated carbocycles. The number of methoxy groups -OCH3 is 1. The number of rotatable bonds is 4. The van der Waals surface area contributed by atoms with Gasteiger partial charge in [0, 0.05) is 12.8 Å². The number of carbonyl (C=O) groups excluding carboxylic acids is 1. The molecule has 154 valence electrons. The van der Waals surface area contributed by atoms with Crippen molar-refractivity contribution in [2.75, 3.05) is 20.3 Å². The second-order valence-electron chi connectivity index (χ2n) is 7.97. The van der Waals surface area contributed by atoms with Crippen molar-refractivity contribution < 1.29 is 24.1 Å². The number of aliphatic hydroxyl groups is 1. The number of benzene rings is 2. The fraction of sp³-hybridized carbons (Fsp3) is 0.435. The predicted octanol–water partition coefficient (Wildman–Crippen LogP) is 3.39. The largest absolute Gasteiger partial charge is 0.497 e. The molecule has 0 aromatic heterocycles. The molecule has 2 aliphatic rings. The first-order chi connectivity index (χ1) is 14.0. The topological polar surface area (TPSA) is 68.2 Å². The Morgan fingerprint density at radius 2 is 1.86 bits per heavy atom. The van der Waals surface area contributed by atoms with E-state index in [-0.39, 0.29) is 24.8 Å². The minimum absolute atomic E-state index is 0.232. The molecule has 6 heteroatoms. The van der Waals surface area contributed by atoms with E-state index in [4.69, 9.17) is 14.2 Å². The third-order valence-electron chi connectivity index (χ3n) is 5.79. The molecule has 2 fully saturated rings. The summed E-state index contributed by atoms with van der Waals surface area (Å²) in [5.74, 6) is 0.722. The molecule has 1 amide bonds. The van der Waals surface area contributed by atoms with Crippen LogP contribution in [0.25, 0.3) is 0 Å². The van der Waals surface area contributed by atoms with Crippen molar-refractivity contribution in [3.8, 4) is 5.75 Å². The highest BCUT2D eigenvalue weighted by Gasteiger charge is 2.49. The summed E-state index contributed by atoms with van der Waals surface area (Å²) in [5, 5.41) is 11.5. The van der Waals surface area contributed by atoms with Gasteiger partial charge in [0.05, 0.1) is 38.0 Å². The molecule has 0 radical (unpaired) electrons. The van der Waals surface area contributed by atoms with Gasteiger partial charge in [-0.2, -0.15) is 0 Å². The van der Waals surface area contributed by atoms with Crippen molar-refractivity contribution in [2.24, 2.45) is 0 Å². The lowest BCUT2D eigenvalue weighted by Gasteiger charge is -2.51. The van der Waals surface area contributed by atoms with Gasteiger partial charge >= 0.3 is 6.09 Å². The number of morpholine rings is 1. The molecule has 2 saturated heterocycles. The molecular formula is C23H27NO5. The van der Waals surface area contributed by atoms with Gasteiger partial charge in [0.25, 0.3) is 0 Å². The Kier molecular flexibility index (Phi) is 5.48. The van der Waals surface area contributed by atoms with Crippen LogP contribution < -0.4 is 4.74 Å². The lowest BCUT2D eigenvalue weighted by molar-refractivity contribution is -0.137. The molecule has 4 rings (SSSR count). The van der Waals surface area contributed by atoms with Gasteiger partial charge in [0.2, 0.25) is 0 Å². The molecule has 2 unspecified atom stereocenters. The summed E-state index contributed by atoms with van der Waals surface area (Å²) in [6, 6.07) is 15.0. The molecular weight excluding hydrogens is 370 g/mol. The van der Waals surface area contributed by atoms with E-state index in [1.807, 2.05) is 55.5 Å². The molecule has 1 N–H and O–H groups in total. The Balaban J connectivity index is 1.51. The van der Waals surface area contributed by atoms with Gasteiger partial charge in [-0.3, -0.25) is 4.90 Å². The van der Waals surface area contributed by atoms with Crippen LogP contribution in [0.15, 0.2) is 48.5 Å². The Morgan fingerprint density at radius 1 is 1.17 bits per heavy atom. The highest BCUT2D eigenvalue weighted by atomic mass is 16.6. The van der Waals surface area contributed by atoms with E-state index in [1.54, 1.807) is 12.0 Å². The van der Waals surface area contributed by atoms with Gasteiger partial charge in [0.15, 0.2) is 0 Å². The highest BCUT2D eigenvalue weighted by Crippen LogP contribution is 2.42. The summed E-state index contributed by atoms with van der Waals surface area (Å²) in [6.45, 7) is 3.00. The SMILES string of the molecule is COc1cc(C)cc(C2(O)CC3COCC(C2)N3C(=O)OCc2ccccc2)c1. The van der Waals surface area contributed by atoms with Crippen molar-refractivity contribution in [3.05, 3.63) is 65.2 Å². The van der Waals surface area contributed by atoms with Gasteiger partial charge in [0.1, 0.15) is 12.4 Å². The summed E-state index contributed by atoms with van der Waals surface area (Å²) >= 11 is 0. The molecule has 2 aliphatic heterocycles. The third-order valence-corrected chi connectivity index (χ3v) is 5.79. The number of piperidine rings is 1. The molecule has 2 bridgehead atoms. The number of aryl methyl sites for hydroxylation is 1. The molecule has 2 aromatic carbocycles. The van der Waals surface area contributed by atoms with E-state index in [1.165, 1.54) is 0 Å². The molecule has 2 heterocycles. The third kappa shape index (κ3) is 4.09. The van der Waals surface area contributed by atoms with E-state index in [0.29, 0.717) is 26.1 Å². The summed E-state index contributed by atoms with van der Waals surface area (Å²) in [5.41, 5.74) is 1.76. The maximum Gasteiger partial charge on any atom is 0.410 e. The number of carbonyl (C=O) groups is 1. The Morgan fingerprint density at radius 3 is 2.52 bits per heavy atom. The second-order valence-corrected chi connectivity index (χ2v) is 7.97. The van der Waals surface area contributed by atoms with E-state index < -0.39 is 5.60 Å². The summed E-state index contributed by atoms with van der Waals surface area (Å²) in [7, 11) is 1.62. The van der Waals surface area contributed by atoms with Gasteiger partial charge in [-0.05, 0) is 35.7 Å². The number of ether oxygens (including phenoxy) is 3. The number of amides is 1. The van der Waals surface area contributed by atoms with Crippen molar-refractivity contribution >= 4 is 6.09 Å². The van der Waals surface area contributed by atoms with Crippen LogP contribution in [-0.4, -0.2) is 48.5 Å². The first-order valence-electron chi connectivity index (χ1n) is 9.94. The standard InChI is InChI=1S/C23H27NO5/c1-16-8-18(10-21(9-16)27-2)23(26)11-19-14-28-15-20(12-23)24(19)22(25)29-13-17-6-4-3-5-7-17/h3-10,19-20,26H,11-15H2,1-2H3. The fourth-order valence-electron chi connectivity index (χ4n) is 4.44. The van der Waals surface area contributed by atoms with Gasteiger partial charge < -0.3 is 19.3 Å². The second kappa shape index (κ2) is 8.05. The minimum Gasteiger partial charge on any atom is -0.497 e. The van der Waals surface area contributed by atoms with Gasteiger partial charge in [-0.1, -0.05) is 36.4 Å². The van der Waals surface area contributed by atoms with Crippen molar-refractivity contribution in [2.45, 2.75) is 44.1 Å². The molecule has 2 aromatic rings. The van der Waals surface area contributed by atoms with Crippen LogP contribution in [0.2, 0.25) is 0 Å². The maximum atomic E-state index is 12.8. The van der Waals surface area contributed by atoms with Crippen LogP contribution >= 0.6 is 0 Å². The Hall–Kier alpha value is -2.57. The number of fused-ring (bicyclic) bond motifs is 2. The lowest BCUT2D eigenvalue weighted by atomic mass is 9.76. The Labute approximate surface area is 171 Å². The van der Waals surface area contributed by atoms with Gasteiger partial charge in [-0.25, -0.2) is 4.79 Å². The molecule has 0 aliphatic carbocycles. The Bertz CT molecular complexity index is 855. The predicted molar refractivity (Wildman–Crippen MR) is 108 cm³/mol. The quantitative estimate of drug-likeness (QED) is 0.857. The van der Waals surface area contributed by atoms with E-state index >= 15 is 0 Å². The number of nitrogens with zero attached hydrogens (tertiary/aromatic N) is 1. The van der Waals surface area contributed by atoms with E-state index in [2.05, 4.69) is 0 Å². The van der Waals surface area contributed by atoms with E-state index in [9.17, 15) is 9.90 Å². The zero-order valence-corrected chi connectivity index (χ0v) is 16.8. The average Bonchev–Trinajstić information content (AvgIpc) is 2.71. The average molecular weight is 397 g/mol. The smallest absolute Gasteiger partial charge is 0.410 e. The summed E-state index contributed by atoms with van der Waals surface area (Å²) in [6.07, 6.45) is 0.448. The van der Waals surface area contributed by atoms with E-state index in [0.717, 1.165) is 22.4 Å². The lowest BCUT2D eigenvalue weighted by Crippen LogP contribution is -2.62. The highest BCUT2D eigenvalue weighted by molar-refractivity contribution is 5.69. The van der Waals surface area contributed by atoms with Crippen LogP contribution in [0.3, 0.4) is 0 Å². The molecule has 0 spiro atoms. The summed E-state index contributed by atoms with van der Waals surface area (Å²) < 4.78 is 16.6. The van der Waals surface area contributed by atoms with Crippen molar-refractivity contribution in [1.29, 1.82) is 0 Å². The van der Waals surface area contributed by atoms with Crippen LogP contribution in [-0.2, 0) is 21.7 Å². The molecule has 6 nitrogen and oxygen atoms in total. The van der Waals surface area contributed by atoms with Crippen LogP contribution in [0, 0.1) is 6.92 Å². The first kappa shape index (κ1) is 19.7. The first-order valence-corrected chi connectivity index (χ1v) is 9.94. The zero-order chi connectivity index (χ0) is 20.4. The normalized spacial score (nSPS) is 26.1. The van der Waals surface area contributed by atoms with Gasteiger partial charge in [-0.15, -0.1) is 0 Å². The molecule has 2 atom stereocenters. The maximum absolute atomic E-state index is 12.8. The fourth-order valence-corrected chi connectivity index (χ4v) is 4.44.